The number of carbonyl (C=O) groups excluding carboxylic acids is 2. The normalized spacial score (nSPS) is 12.4. The zero-order valence-corrected chi connectivity index (χ0v) is 21.9. The van der Waals surface area contributed by atoms with Gasteiger partial charge in [0, 0.05) is 31.5 Å². The summed E-state index contributed by atoms with van der Waals surface area (Å²) in [6, 6.07) is 13.7. The third-order valence-corrected chi connectivity index (χ3v) is 6.38. The SMILES string of the molecule is C=CC(=O)Nc1cccc(-n2c(NC(=O)c3cnn(C)c3)nc3cc(CN[C@@H](C)C(C)(C)C)ccc32)c1. The maximum Gasteiger partial charge on any atom is 0.261 e. The molecule has 0 aliphatic rings. The molecule has 9 heteroatoms. The zero-order valence-electron chi connectivity index (χ0n) is 21.9. The second-order valence-corrected chi connectivity index (χ2v) is 10.2. The highest BCUT2D eigenvalue weighted by atomic mass is 16.2. The second-order valence-electron chi connectivity index (χ2n) is 10.2. The lowest BCUT2D eigenvalue weighted by Gasteiger charge is -2.28. The Morgan fingerprint density at radius 3 is 2.59 bits per heavy atom. The number of aryl methyl sites for hydroxylation is 1. The fourth-order valence-corrected chi connectivity index (χ4v) is 3.79. The molecule has 3 N–H and O–H groups in total. The first-order chi connectivity index (χ1) is 17.5. The van der Waals surface area contributed by atoms with Crippen molar-refractivity contribution >= 4 is 34.5 Å². The molecule has 2 heterocycles. The number of hydrogen-bond acceptors (Lipinski definition) is 5. The van der Waals surface area contributed by atoms with E-state index in [0.29, 0.717) is 29.8 Å². The Labute approximate surface area is 216 Å². The van der Waals surface area contributed by atoms with Gasteiger partial charge in [-0.25, -0.2) is 4.98 Å². The molecule has 37 heavy (non-hydrogen) atoms. The van der Waals surface area contributed by atoms with Crippen molar-refractivity contribution in [1.82, 2.24) is 24.6 Å². The summed E-state index contributed by atoms with van der Waals surface area (Å²) in [6.45, 7) is 13.0. The minimum Gasteiger partial charge on any atom is -0.322 e. The van der Waals surface area contributed by atoms with Gasteiger partial charge in [-0.05, 0) is 54.3 Å². The van der Waals surface area contributed by atoms with E-state index in [1.165, 1.54) is 12.3 Å². The molecule has 0 unspecified atom stereocenters. The van der Waals surface area contributed by atoms with Gasteiger partial charge < -0.3 is 10.6 Å². The molecule has 2 amide bonds. The largest absolute Gasteiger partial charge is 0.322 e. The molecular weight excluding hydrogens is 466 g/mol. The molecular formula is C28H33N7O2. The minimum absolute atomic E-state index is 0.140. The Balaban J connectivity index is 1.74. The highest BCUT2D eigenvalue weighted by Gasteiger charge is 2.20. The van der Waals surface area contributed by atoms with Crippen LogP contribution in [0.25, 0.3) is 16.7 Å². The van der Waals surface area contributed by atoms with E-state index in [4.69, 9.17) is 4.98 Å². The first-order valence-corrected chi connectivity index (χ1v) is 12.1. The molecule has 2 aromatic carbocycles. The van der Waals surface area contributed by atoms with Gasteiger partial charge in [-0.2, -0.15) is 5.10 Å². The quantitative estimate of drug-likeness (QED) is 0.306. The van der Waals surface area contributed by atoms with Crippen molar-refractivity contribution in [2.75, 3.05) is 10.6 Å². The molecule has 2 aromatic heterocycles. The van der Waals surface area contributed by atoms with Gasteiger partial charge in [0.05, 0.1) is 28.5 Å². The predicted molar refractivity (Wildman–Crippen MR) is 147 cm³/mol. The van der Waals surface area contributed by atoms with Gasteiger partial charge in [-0.3, -0.25) is 24.2 Å². The van der Waals surface area contributed by atoms with Crippen LogP contribution in [0.15, 0.2) is 67.5 Å². The van der Waals surface area contributed by atoms with Crippen LogP contribution in [-0.4, -0.2) is 37.2 Å². The number of benzene rings is 2. The number of amides is 2. The number of nitrogens with one attached hydrogen (secondary N) is 3. The lowest BCUT2D eigenvalue weighted by atomic mass is 9.88. The van der Waals surface area contributed by atoms with Gasteiger partial charge in [0.15, 0.2) is 0 Å². The predicted octanol–water partition coefficient (Wildman–Crippen LogP) is 4.66. The van der Waals surface area contributed by atoms with E-state index in [-0.39, 0.29) is 17.2 Å². The monoisotopic (exact) mass is 499 g/mol. The summed E-state index contributed by atoms with van der Waals surface area (Å²) in [5, 5.41) is 13.4. The van der Waals surface area contributed by atoms with E-state index in [0.717, 1.165) is 22.3 Å². The number of fused-ring (bicyclic) bond motifs is 1. The fourth-order valence-electron chi connectivity index (χ4n) is 3.79. The number of imidazole rings is 1. The van der Waals surface area contributed by atoms with Gasteiger partial charge in [0.25, 0.3) is 5.91 Å². The molecule has 0 radical (unpaired) electrons. The van der Waals surface area contributed by atoms with Crippen molar-refractivity contribution in [2.24, 2.45) is 12.5 Å². The van der Waals surface area contributed by atoms with Gasteiger partial charge >= 0.3 is 0 Å². The molecule has 0 spiro atoms. The third kappa shape index (κ3) is 5.95. The standard InChI is InChI=1S/C28H33N7O2/c1-7-25(36)31-21-9-8-10-22(14-21)35-24-12-11-19(15-29-18(2)28(3,4)5)13-23(24)32-27(35)33-26(37)20-16-30-34(6)17-20/h7-14,16-18,29H,1,15H2,2-6H3,(H,31,36)(H,32,33,37)/t18-/m0/s1. The molecule has 0 saturated heterocycles. The summed E-state index contributed by atoms with van der Waals surface area (Å²) in [4.78, 5) is 29.6. The Morgan fingerprint density at radius 2 is 1.92 bits per heavy atom. The molecule has 0 fully saturated rings. The topological polar surface area (TPSA) is 106 Å². The lowest BCUT2D eigenvalue weighted by molar-refractivity contribution is -0.111. The van der Waals surface area contributed by atoms with E-state index in [2.05, 4.69) is 61.4 Å². The van der Waals surface area contributed by atoms with Crippen molar-refractivity contribution in [3.8, 4) is 5.69 Å². The molecule has 0 aliphatic heterocycles. The Morgan fingerprint density at radius 1 is 1.14 bits per heavy atom. The summed E-state index contributed by atoms with van der Waals surface area (Å²) in [7, 11) is 1.76. The number of aromatic nitrogens is 4. The molecule has 1 atom stereocenters. The van der Waals surface area contributed by atoms with Crippen LogP contribution in [0.4, 0.5) is 11.6 Å². The highest BCUT2D eigenvalue weighted by Crippen LogP contribution is 2.28. The average Bonchev–Trinajstić information content (AvgIpc) is 3.44. The van der Waals surface area contributed by atoms with E-state index in [9.17, 15) is 9.59 Å². The summed E-state index contributed by atoms with van der Waals surface area (Å²) in [5.74, 6) is -0.259. The zero-order chi connectivity index (χ0) is 26.7. The van der Waals surface area contributed by atoms with Gasteiger partial charge in [0.1, 0.15) is 0 Å². The highest BCUT2D eigenvalue weighted by molar-refractivity contribution is 6.04. The lowest BCUT2D eigenvalue weighted by Crippen LogP contribution is -2.37. The Hall–Kier alpha value is -4.24. The molecule has 4 rings (SSSR count). The van der Waals surface area contributed by atoms with E-state index >= 15 is 0 Å². The van der Waals surface area contributed by atoms with Crippen LogP contribution in [0, 0.1) is 5.41 Å². The number of nitrogens with zero attached hydrogens (tertiary/aromatic N) is 4. The van der Waals surface area contributed by atoms with Crippen molar-refractivity contribution in [3.63, 3.8) is 0 Å². The van der Waals surface area contributed by atoms with Crippen LogP contribution < -0.4 is 16.0 Å². The van der Waals surface area contributed by atoms with Gasteiger partial charge in [-0.1, -0.05) is 39.5 Å². The summed E-state index contributed by atoms with van der Waals surface area (Å²) < 4.78 is 3.43. The van der Waals surface area contributed by atoms with Crippen LogP contribution in [0.1, 0.15) is 43.6 Å². The van der Waals surface area contributed by atoms with Crippen LogP contribution in [0.2, 0.25) is 0 Å². The van der Waals surface area contributed by atoms with Crippen LogP contribution in [0.3, 0.4) is 0 Å². The average molecular weight is 500 g/mol. The fraction of sp³-hybridized carbons (Fsp3) is 0.286. The summed E-state index contributed by atoms with van der Waals surface area (Å²) in [5.41, 5.74) is 4.55. The van der Waals surface area contributed by atoms with E-state index in [1.807, 2.05) is 34.9 Å². The van der Waals surface area contributed by atoms with Crippen molar-refractivity contribution < 1.29 is 9.59 Å². The summed E-state index contributed by atoms with van der Waals surface area (Å²) >= 11 is 0. The van der Waals surface area contributed by atoms with Gasteiger partial charge in [0.2, 0.25) is 11.9 Å². The van der Waals surface area contributed by atoms with Crippen molar-refractivity contribution in [1.29, 1.82) is 0 Å². The minimum atomic E-state index is -0.318. The smallest absolute Gasteiger partial charge is 0.261 e. The number of carbonyl (C=O) groups is 2. The van der Waals surface area contributed by atoms with E-state index in [1.54, 1.807) is 24.0 Å². The first kappa shape index (κ1) is 25.8. The first-order valence-electron chi connectivity index (χ1n) is 12.1. The van der Waals surface area contributed by atoms with Crippen LogP contribution in [0.5, 0.6) is 0 Å². The Kier molecular flexibility index (Phi) is 7.26. The number of rotatable bonds is 8. The van der Waals surface area contributed by atoms with Crippen LogP contribution >= 0.6 is 0 Å². The molecule has 4 aromatic rings. The molecule has 0 bridgehead atoms. The summed E-state index contributed by atoms with van der Waals surface area (Å²) in [6.07, 6.45) is 4.37. The van der Waals surface area contributed by atoms with Crippen molar-refractivity contribution in [2.45, 2.75) is 40.3 Å². The number of anilines is 2. The van der Waals surface area contributed by atoms with Crippen molar-refractivity contribution in [3.05, 3.63) is 78.6 Å². The molecule has 192 valence electrons. The van der Waals surface area contributed by atoms with Crippen LogP contribution in [-0.2, 0) is 18.4 Å². The molecule has 9 nitrogen and oxygen atoms in total. The van der Waals surface area contributed by atoms with E-state index < -0.39 is 0 Å². The number of hydrogen-bond donors (Lipinski definition) is 3. The Bertz CT molecular complexity index is 1460. The second kappa shape index (κ2) is 10.4. The molecule has 0 aliphatic carbocycles. The molecule has 0 saturated carbocycles. The maximum atomic E-state index is 13.0. The van der Waals surface area contributed by atoms with Gasteiger partial charge in [-0.15, -0.1) is 0 Å². The maximum absolute atomic E-state index is 13.0. The third-order valence-electron chi connectivity index (χ3n) is 6.38.